The first-order valence-electron chi connectivity index (χ1n) is 12.7. The summed E-state index contributed by atoms with van der Waals surface area (Å²) >= 11 is 3.47. The van der Waals surface area contributed by atoms with E-state index in [0.717, 1.165) is 40.6 Å². The number of likely N-dealkylation sites (tertiary alicyclic amines) is 1. The second-order valence-electron chi connectivity index (χ2n) is 11.5. The topological polar surface area (TPSA) is 121 Å². The van der Waals surface area contributed by atoms with Gasteiger partial charge in [-0.25, -0.2) is 4.68 Å². The molecule has 2 aliphatic carbocycles. The lowest BCUT2D eigenvalue weighted by Gasteiger charge is -2.36. The highest BCUT2D eigenvalue weighted by Crippen LogP contribution is 2.40. The van der Waals surface area contributed by atoms with Crippen LogP contribution in [0, 0.1) is 5.41 Å². The number of fused-ring (bicyclic) bond motifs is 1. The van der Waals surface area contributed by atoms with Crippen LogP contribution in [0.2, 0.25) is 0 Å². The average molecular weight is 560 g/mol. The molecule has 194 valence electrons. The third-order valence-electron chi connectivity index (χ3n) is 7.56. The Balaban J connectivity index is 1.34. The molecule has 0 spiro atoms. The van der Waals surface area contributed by atoms with Gasteiger partial charge in [-0.15, -0.1) is 5.10 Å². The van der Waals surface area contributed by atoms with Gasteiger partial charge in [0.15, 0.2) is 0 Å². The molecule has 2 aromatic rings. The summed E-state index contributed by atoms with van der Waals surface area (Å²) in [5.41, 5.74) is 2.27. The summed E-state index contributed by atoms with van der Waals surface area (Å²) in [4.78, 5) is 28.8. The van der Waals surface area contributed by atoms with Gasteiger partial charge in [0.1, 0.15) is 12.1 Å². The zero-order chi connectivity index (χ0) is 25.8. The maximum Gasteiger partial charge on any atom is 0.248 e. The van der Waals surface area contributed by atoms with E-state index >= 15 is 0 Å². The first-order valence-corrected chi connectivity index (χ1v) is 13.5. The molecule has 5 atom stereocenters. The molecule has 1 aliphatic heterocycles. The Morgan fingerprint density at radius 1 is 1.19 bits per heavy atom. The second-order valence-corrected chi connectivity index (χ2v) is 12.4. The predicted molar refractivity (Wildman–Crippen MR) is 136 cm³/mol. The number of aryl methyl sites for hydroxylation is 1. The molecule has 10 heteroatoms. The normalized spacial score (nSPS) is 27.0. The van der Waals surface area contributed by atoms with Gasteiger partial charge in [0.05, 0.1) is 23.9 Å². The van der Waals surface area contributed by atoms with Gasteiger partial charge in [-0.3, -0.25) is 9.59 Å². The highest BCUT2D eigenvalue weighted by molar-refractivity contribution is 9.10. The molecule has 2 amide bonds. The Labute approximate surface area is 219 Å². The van der Waals surface area contributed by atoms with Crippen LogP contribution in [-0.4, -0.2) is 66.7 Å². The fourth-order valence-corrected chi connectivity index (χ4v) is 5.93. The van der Waals surface area contributed by atoms with Gasteiger partial charge in [0.2, 0.25) is 11.8 Å². The van der Waals surface area contributed by atoms with Crippen molar-refractivity contribution in [3.8, 4) is 0 Å². The van der Waals surface area contributed by atoms with E-state index in [0.29, 0.717) is 12.3 Å². The van der Waals surface area contributed by atoms with E-state index in [1.807, 2.05) is 45.2 Å². The summed E-state index contributed by atoms with van der Waals surface area (Å²) in [7, 11) is 0. The van der Waals surface area contributed by atoms with Crippen molar-refractivity contribution in [2.75, 3.05) is 6.54 Å². The Bertz CT molecular complexity index is 1160. The smallest absolute Gasteiger partial charge is 0.248 e. The van der Waals surface area contributed by atoms with Crippen molar-refractivity contribution in [1.82, 2.24) is 25.2 Å². The molecule has 1 saturated heterocycles. The number of carbonyl (C=O) groups excluding carboxylic acids is 2. The SMILES string of the molecule is CC(C)(C)[C@@H](C(=O)N1CC(O)CC1C(=O)N[C@@H]1CCc2cc(Br)ccc2[C@H]1O)n1cc(C2CC2)nn1. The molecular formula is C26H34BrN5O4. The summed E-state index contributed by atoms with van der Waals surface area (Å²) in [5.74, 6) is -0.199. The zero-order valence-electron chi connectivity index (χ0n) is 20.9. The molecule has 5 rings (SSSR count). The highest BCUT2D eigenvalue weighted by atomic mass is 79.9. The number of aromatic nitrogens is 3. The fraction of sp³-hybridized carbons (Fsp3) is 0.615. The number of hydrogen-bond donors (Lipinski definition) is 3. The second kappa shape index (κ2) is 9.54. The number of amides is 2. The van der Waals surface area contributed by atoms with E-state index < -0.39 is 35.7 Å². The van der Waals surface area contributed by atoms with E-state index in [-0.39, 0.29) is 24.8 Å². The van der Waals surface area contributed by atoms with Gasteiger partial charge in [-0.2, -0.15) is 0 Å². The number of nitrogens with one attached hydrogen (secondary N) is 1. The molecule has 2 unspecified atom stereocenters. The van der Waals surface area contributed by atoms with Gasteiger partial charge in [0, 0.05) is 29.6 Å². The van der Waals surface area contributed by atoms with Crippen molar-refractivity contribution in [1.29, 1.82) is 0 Å². The van der Waals surface area contributed by atoms with Gasteiger partial charge in [0.25, 0.3) is 0 Å². The monoisotopic (exact) mass is 559 g/mol. The molecule has 1 saturated carbocycles. The van der Waals surface area contributed by atoms with Crippen molar-refractivity contribution in [2.45, 2.75) is 89.1 Å². The molecule has 1 aromatic carbocycles. The van der Waals surface area contributed by atoms with Gasteiger partial charge >= 0.3 is 0 Å². The quantitative estimate of drug-likeness (QED) is 0.517. The van der Waals surface area contributed by atoms with Crippen LogP contribution in [0.15, 0.2) is 28.9 Å². The van der Waals surface area contributed by atoms with Crippen molar-refractivity contribution in [2.24, 2.45) is 5.41 Å². The molecule has 0 bridgehead atoms. The fourth-order valence-electron chi connectivity index (χ4n) is 5.52. The number of β-amino-alcohol motifs (C(OH)–C–C–N with tert-alkyl or cyclic N) is 1. The minimum absolute atomic E-state index is 0.0811. The molecule has 3 N–H and O–H groups in total. The summed E-state index contributed by atoms with van der Waals surface area (Å²) in [5, 5.41) is 32.9. The Hall–Kier alpha value is -2.30. The summed E-state index contributed by atoms with van der Waals surface area (Å²) in [6.07, 6.45) is 3.87. The molecule has 0 radical (unpaired) electrons. The third kappa shape index (κ3) is 4.95. The zero-order valence-corrected chi connectivity index (χ0v) is 22.5. The summed E-state index contributed by atoms with van der Waals surface area (Å²) < 4.78 is 2.57. The van der Waals surface area contributed by atoms with Crippen LogP contribution in [0.25, 0.3) is 0 Å². The number of nitrogens with zero attached hydrogens (tertiary/aromatic N) is 4. The molecule has 2 heterocycles. The van der Waals surface area contributed by atoms with Crippen molar-refractivity contribution in [3.05, 3.63) is 45.7 Å². The average Bonchev–Trinajstić information content (AvgIpc) is 3.41. The highest BCUT2D eigenvalue weighted by Gasteiger charge is 2.46. The molecular weight excluding hydrogens is 526 g/mol. The minimum Gasteiger partial charge on any atom is -0.391 e. The van der Waals surface area contributed by atoms with Gasteiger partial charge in [-0.05, 0) is 54.4 Å². The molecule has 2 fully saturated rings. The van der Waals surface area contributed by atoms with E-state index in [9.17, 15) is 19.8 Å². The number of rotatable bonds is 5. The number of hydrogen-bond acceptors (Lipinski definition) is 6. The molecule has 1 aromatic heterocycles. The first kappa shape index (κ1) is 25.4. The number of halogens is 1. The Morgan fingerprint density at radius 3 is 2.64 bits per heavy atom. The maximum atomic E-state index is 13.9. The summed E-state index contributed by atoms with van der Waals surface area (Å²) in [6, 6.07) is 3.81. The Morgan fingerprint density at radius 2 is 1.94 bits per heavy atom. The predicted octanol–water partition coefficient (Wildman–Crippen LogP) is 2.63. The largest absolute Gasteiger partial charge is 0.391 e. The minimum atomic E-state index is -0.834. The number of benzene rings is 1. The Kier molecular flexibility index (Phi) is 6.72. The van der Waals surface area contributed by atoms with Crippen LogP contribution < -0.4 is 5.32 Å². The lowest BCUT2D eigenvalue weighted by Crippen LogP contribution is -2.53. The number of aliphatic hydroxyl groups is 2. The van der Waals surface area contributed by atoms with Crippen molar-refractivity contribution < 1.29 is 19.8 Å². The van der Waals surface area contributed by atoms with Crippen LogP contribution in [0.3, 0.4) is 0 Å². The van der Waals surface area contributed by atoms with Crippen LogP contribution in [0.5, 0.6) is 0 Å². The lowest BCUT2D eigenvalue weighted by molar-refractivity contribution is -0.144. The lowest BCUT2D eigenvalue weighted by atomic mass is 9.85. The first-order chi connectivity index (χ1) is 17.0. The van der Waals surface area contributed by atoms with Gasteiger partial charge in [-0.1, -0.05) is 48.0 Å². The van der Waals surface area contributed by atoms with E-state index in [2.05, 4.69) is 31.6 Å². The molecule has 9 nitrogen and oxygen atoms in total. The van der Waals surface area contributed by atoms with Gasteiger partial charge < -0.3 is 20.4 Å². The maximum absolute atomic E-state index is 13.9. The van der Waals surface area contributed by atoms with Crippen LogP contribution in [0.1, 0.15) is 81.3 Å². The number of aliphatic hydroxyl groups excluding tert-OH is 2. The van der Waals surface area contributed by atoms with Crippen molar-refractivity contribution in [3.63, 3.8) is 0 Å². The van der Waals surface area contributed by atoms with Crippen LogP contribution in [0.4, 0.5) is 0 Å². The third-order valence-corrected chi connectivity index (χ3v) is 8.06. The standard InChI is InChI=1S/C26H34BrN5O4/c1-26(2,3)23(32-13-20(29-30-32)14-4-5-14)25(36)31-12-17(33)11-21(31)24(35)28-19-9-6-15-10-16(27)7-8-18(15)22(19)34/h7-8,10,13-14,17,19,21-23,33-34H,4-6,9,11-12H2,1-3H3,(H,28,35)/t17?,19-,21?,22-,23-/m1/s1. The summed E-state index contributed by atoms with van der Waals surface area (Å²) in [6.45, 7) is 5.97. The molecule has 36 heavy (non-hydrogen) atoms. The number of carbonyl (C=O) groups is 2. The van der Waals surface area contributed by atoms with E-state index in [1.165, 1.54) is 4.90 Å². The van der Waals surface area contributed by atoms with Crippen molar-refractivity contribution >= 4 is 27.7 Å². The molecule has 3 aliphatic rings. The van der Waals surface area contributed by atoms with E-state index in [4.69, 9.17) is 0 Å². The van der Waals surface area contributed by atoms with Crippen LogP contribution in [-0.2, 0) is 16.0 Å². The van der Waals surface area contributed by atoms with Crippen LogP contribution >= 0.6 is 15.9 Å². The van der Waals surface area contributed by atoms with E-state index in [1.54, 1.807) is 4.68 Å².